The summed E-state index contributed by atoms with van der Waals surface area (Å²) in [5.41, 5.74) is -1.23. The van der Waals surface area contributed by atoms with Crippen LogP contribution in [0.3, 0.4) is 0 Å². The van der Waals surface area contributed by atoms with Gasteiger partial charge in [-0.2, -0.15) is 0 Å². The van der Waals surface area contributed by atoms with Crippen LogP contribution >= 0.6 is 0 Å². The number of H-pyrrole nitrogens is 1. The fraction of sp³-hybridized carbons (Fsp3) is 0.600. The Labute approximate surface area is 91.5 Å². The molecule has 2 N–H and O–H groups in total. The largest absolute Gasteiger partial charge is 0.396 e. The quantitative estimate of drug-likeness (QED) is 0.709. The Morgan fingerprint density at radius 3 is 3.00 bits per heavy atom. The summed E-state index contributed by atoms with van der Waals surface area (Å²) in [4.78, 5) is 24.6. The number of aliphatic hydroxyl groups is 1. The average Bonchev–Trinajstić information content (AvgIpc) is 2.62. The molecule has 0 aliphatic carbocycles. The van der Waals surface area contributed by atoms with E-state index in [0.29, 0.717) is 13.0 Å². The molecule has 2 heterocycles. The normalized spacial score (nSPS) is 29.5. The number of hydrogen-bond donors (Lipinski definition) is 2. The molecule has 6 nitrogen and oxygen atoms in total. The summed E-state index contributed by atoms with van der Waals surface area (Å²) >= 11 is 0. The van der Waals surface area contributed by atoms with Crippen LogP contribution in [0.5, 0.6) is 0 Å². The first kappa shape index (κ1) is 11.1. The van der Waals surface area contributed by atoms with Gasteiger partial charge in [0.1, 0.15) is 6.23 Å². The lowest BCUT2D eigenvalue weighted by molar-refractivity contribution is 0.0413. The van der Waals surface area contributed by atoms with Crippen LogP contribution < -0.4 is 11.2 Å². The van der Waals surface area contributed by atoms with Gasteiger partial charge in [0.2, 0.25) is 0 Å². The van der Waals surface area contributed by atoms with Crippen molar-refractivity contribution in [2.24, 2.45) is 5.41 Å². The van der Waals surface area contributed by atoms with Crippen molar-refractivity contribution in [1.82, 2.24) is 9.55 Å². The summed E-state index contributed by atoms with van der Waals surface area (Å²) in [5, 5.41) is 9.18. The molecule has 1 saturated heterocycles. The molecule has 0 saturated carbocycles. The third-order valence-corrected chi connectivity index (χ3v) is 2.83. The van der Waals surface area contributed by atoms with Crippen molar-refractivity contribution in [1.29, 1.82) is 0 Å². The van der Waals surface area contributed by atoms with Crippen molar-refractivity contribution < 1.29 is 9.84 Å². The molecule has 0 unspecified atom stereocenters. The molecule has 0 amide bonds. The molecule has 1 aliphatic heterocycles. The van der Waals surface area contributed by atoms with Gasteiger partial charge in [-0.25, -0.2) is 4.79 Å². The summed E-state index contributed by atoms with van der Waals surface area (Å²) in [6, 6.07) is 1.28. The molecule has 1 aliphatic rings. The smallest absolute Gasteiger partial charge is 0.330 e. The van der Waals surface area contributed by atoms with Gasteiger partial charge in [0.15, 0.2) is 0 Å². The lowest BCUT2D eigenvalue weighted by Gasteiger charge is -2.17. The lowest BCUT2D eigenvalue weighted by Crippen LogP contribution is -2.31. The Morgan fingerprint density at radius 2 is 2.44 bits per heavy atom. The molecule has 1 aromatic heterocycles. The standard InChI is InChI=1S/C10H14N2O4/c1-10(5-13)4-8(16-6-10)12-3-2-7(14)11-9(12)15/h2-3,8,13H,4-6H2,1H3,(H,11,14,15)/t8-,10-/m0/s1. The first-order valence-electron chi connectivity index (χ1n) is 5.08. The molecule has 2 atom stereocenters. The van der Waals surface area contributed by atoms with Gasteiger partial charge in [-0.3, -0.25) is 14.3 Å². The second-order valence-corrected chi connectivity index (χ2v) is 4.46. The number of nitrogens with one attached hydrogen (secondary N) is 1. The molecular weight excluding hydrogens is 212 g/mol. The number of nitrogens with zero attached hydrogens (tertiary/aromatic N) is 1. The summed E-state index contributed by atoms with van der Waals surface area (Å²) in [7, 11) is 0. The van der Waals surface area contributed by atoms with Crippen LogP contribution in [0.25, 0.3) is 0 Å². The minimum atomic E-state index is -0.486. The van der Waals surface area contributed by atoms with Crippen molar-refractivity contribution in [2.75, 3.05) is 13.2 Å². The Morgan fingerprint density at radius 1 is 1.69 bits per heavy atom. The van der Waals surface area contributed by atoms with E-state index in [-0.39, 0.29) is 12.0 Å². The van der Waals surface area contributed by atoms with E-state index in [9.17, 15) is 14.7 Å². The minimum absolute atomic E-state index is 0.0155. The van der Waals surface area contributed by atoms with Crippen molar-refractivity contribution in [3.63, 3.8) is 0 Å². The number of aromatic amines is 1. The highest BCUT2D eigenvalue weighted by Gasteiger charge is 2.36. The minimum Gasteiger partial charge on any atom is -0.396 e. The van der Waals surface area contributed by atoms with Crippen LogP contribution in [0.4, 0.5) is 0 Å². The predicted octanol–water partition coefficient (Wildman–Crippen LogP) is -0.546. The van der Waals surface area contributed by atoms with Gasteiger partial charge in [0.05, 0.1) is 13.2 Å². The van der Waals surface area contributed by atoms with Gasteiger partial charge < -0.3 is 9.84 Å². The molecular formula is C10H14N2O4. The summed E-state index contributed by atoms with van der Waals surface area (Å²) in [5.74, 6) is 0. The fourth-order valence-corrected chi connectivity index (χ4v) is 1.78. The molecule has 6 heteroatoms. The molecule has 1 aromatic rings. The Hall–Kier alpha value is -1.40. The van der Waals surface area contributed by atoms with E-state index in [1.54, 1.807) is 0 Å². The topological polar surface area (TPSA) is 84.3 Å². The Bertz CT molecular complexity index is 492. The molecule has 16 heavy (non-hydrogen) atoms. The zero-order valence-corrected chi connectivity index (χ0v) is 8.97. The fourth-order valence-electron chi connectivity index (χ4n) is 1.78. The number of aromatic nitrogens is 2. The van der Waals surface area contributed by atoms with Gasteiger partial charge in [-0.1, -0.05) is 6.92 Å². The van der Waals surface area contributed by atoms with Crippen molar-refractivity contribution >= 4 is 0 Å². The number of hydrogen-bond acceptors (Lipinski definition) is 4. The second kappa shape index (κ2) is 3.88. The van der Waals surface area contributed by atoms with Crippen LogP contribution in [0.15, 0.2) is 21.9 Å². The maximum atomic E-state index is 11.5. The van der Waals surface area contributed by atoms with E-state index in [1.807, 2.05) is 6.92 Å². The third-order valence-electron chi connectivity index (χ3n) is 2.83. The average molecular weight is 226 g/mol. The van der Waals surface area contributed by atoms with Crippen LogP contribution in [0.2, 0.25) is 0 Å². The molecule has 2 rings (SSSR count). The third kappa shape index (κ3) is 1.94. The monoisotopic (exact) mass is 226 g/mol. The molecule has 0 bridgehead atoms. The van der Waals surface area contributed by atoms with Gasteiger partial charge >= 0.3 is 5.69 Å². The van der Waals surface area contributed by atoms with Crippen LogP contribution in [0.1, 0.15) is 19.6 Å². The van der Waals surface area contributed by atoms with Crippen molar-refractivity contribution in [3.8, 4) is 0 Å². The van der Waals surface area contributed by atoms with Crippen molar-refractivity contribution in [2.45, 2.75) is 19.6 Å². The number of aliphatic hydroxyl groups excluding tert-OH is 1. The second-order valence-electron chi connectivity index (χ2n) is 4.46. The first-order chi connectivity index (χ1) is 7.54. The van der Waals surface area contributed by atoms with Gasteiger partial charge in [-0.15, -0.1) is 0 Å². The van der Waals surface area contributed by atoms with Crippen LogP contribution in [-0.2, 0) is 4.74 Å². The van der Waals surface area contributed by atoms with Crippen LogP contribution in [0, 0.1) is 5.41 Å². The number of ether oxygens (including phenoxy) is 1. The molecule has 0 aromatic carbocycles. The van der Waals surface area contributed by atoms with Gasteiger partial charge in [0, 0.05) is 24.1 Å². The highest BCUT2D eigenvalue weighted by Crippen LogP contribution is 2.36. The Balaban J connectivity index is 2.27. The van der Waals surface area contributed by atoms with E-state index >= 15 is 0 Å². The maximum absolute atomic E-state index is 11.5. The van der Waals surface area contributed by atoms with E-state index in [0.717, 1.165) is 0 Å². The lowest BCUT2D eigenvalue weighted by atomic mass is 9.90. The first-order valence-corrected chi connectivity index (χ1v) is 5.08. The zero-order valence-electron chi connectivity index (χ0n) is 8.97. The van der Waals surface area contributed by atoms with E-state index in [4.69, 9.17) is 4.74 Å². The SMILES string of the molecule is C[C@]1(CO)CO[C@H](n2ccc(=O)[nH]c2=O)C1. The van der Waals surface area contributed by atoms with E-state index in [1.165, 1.54) is 16.8 Å². The maximum Gasteiger partial charge on any atom is 0.330 e. The van der Waals surface area contributed by atoms with Gasteiger partial charge in [-0.05, 0) is 0 Å². The summed E-state index contributed by atoms with van der Waals surface area (Å²) in [6.07, 6.45) is 1.55. The zero-order chi connectivity index (χ0) is 11.8. The molecule has 0 radical (unpaired) electrons. The van der Waals surface area contributed by atoms with E-state index in [2.05, 4.69) is 4.98 Å². The summed E-state index contributed by atoms with van der Waals surface area (Å²) in [6.45, 7) is 2.31. The molecule has 88 valence electrons. The van der Waals surface area contributed by atoms with Crippen LogP contribution in [-0.4, -0.2) is 27.9 Å². The predicted molar refractivity (Wildman–Crippen MR) is 56.1 cm³/mol. The molecule has 0 spiro atoms. The van der Waals surface area contributed by atoms with Crippen molar-refractivity contribution in [3.05, 3.63) is 33.1 Å². The Kier molecular flexibility index (Phi) is 2.69. The highest BCUT2D eigenvalue weighted by atomic mass is 16.5. The highest BCUT2D eigenvalue weighted by molar-refractivity contribution is 4.88. The number of rotatable bonds is 2. The van der Waals surface area contributed by atoms with Gasteiger partial charge in [0.25, 0.3) is 5.56 Å². The molecule has 1 fully saturated rings. The summed E-state index contributed by atoms with van der Waals surface area (Å²) < 4.78 is 6.78. The van der Waals surface area contributed by atoms with E-state index < -0.39 is 17.5 Å².